The third-order valence-corrected chi connectivity index (χ3v) is 8.68. The molecule has 2 aromatic rings. The number of hydrogen-bond donors (Lipinski definition) is 2. The first-order valence-electron chi connectivity index (χ1n) is 9.87. The van der Waals surface area contributed by atoms with Gasteiger partial charge in [-0.25, -0.2) is 9.78 Å². The molecule has 4 rings (SSSR count). The molecular weight excluding hydrogens is 555 g/mol. The van der Waals surface area contributed by atoms with E-state index in [0.29, 0.717) is 17.1 Å². The first-order chi connectivity index (χ1) is 17.4. The molecule has 2 atom stereocenters. The Morgan fingerprint density at radius 1 is 1.44 bits per heavy atom. The van der Waals surface area contributed by atoms with Crippen molar-refractivity contribution in [3.63, 3.8) is 0 Å². The summed E-state index contributed by atoms with van der Waals surface area (Å²) in [6.07, 6.45) is 1.60. The molecule has 2 aromatic heterocycles. The predicted octanol–water partition coefficient (Wildman–Crippen LogP) is 0.0473. The van der Waals surface area contributed by atoms with Crippen molar-refractivity contribution in [1.29, 1.82) is 0 Å². The topological polar surface area (TPSA) is 188 Å². The maximum absolute atomic E-state index is 13.1. The van der Waals surface area contributed by atoms with Crippen molar-refractivity contribution in [3.05, 3.63) is 28.5 Å². The van der Waals surface area contributed by atoms with Crippen LogP contribution in [0.3, 0.4) is 0 Å². The quantitative estimate of drug-likeness (QED) is 0.0538. The van der Waals surface area contributed by atoms with E-state index in [0.717, 1.165) is 15.5 Å². The zero-order valence-electron chi connectivity index (χ0n) is 18.3. The van der Waals surface area contributed by atoms with Crippen LogP contribution in [0.4, 0.5) is 5.13 Å². The molecule has 190 valence electrons. The number of hydrogen-bond acceptors (Lipinski definition) is 16. The molecule has 0 unspecified atom stereocenters. The molecule has 0 bridgehead atoms. The zero-order chi connectivity index (χ0) is 25.7. The van der Waals surface area contributed by atoms with Crippen LogP contribution >= 0.6 is 46.4 Å². The summed E-state index contributed by atoms with van der Waals surface area (Å²) in [7, 11) is 1.27. The second-order valence-electron chi connectivity index (χ2n) is 6.84. The minimum atomic E-state index is -0.936. The average Bonchev–Trinajstić information content (AvgIpc) is 3.55. The number of nitrogens with two attached hydrogens (primary N) is 1. The number of esters is 1. The number of nitrogens with one attached hydrogen (secondary N) is 1. The van der Waals surface area contributed by atoms with Crippen LogP contribution < -0.4 is 11.1 Å². The van der Waals surface area contributed by atoms with Gasteiger partial charge in [0.2, 0.25) is 6.79 Å². The number of aromatic nitrogens is 3. The number of carbonyl (C=O) groups is 4. The minimum absolute atomic E-state index is 0.0479. The fourth-order valence-corrected chi connectivity index (χ4v) is 6.70. The summed E-state index contributed by atoms with van der Waals surface area (Å²) in [6, 6.07) is -0.936. The van der Waals surface area contributed by atoms with Gasteiger partial charge in [-0.3, -0.25) is 19.3 Å². The van der Waals surface area contributed by atoms with Gasteiger partial charge in [0.15, 0.2) is 10.8 Å². The Morgan fingerprint density at radius 2 is 2.28 bits per heavy atom. The molecule has 14 nitrogen and oxygen atoms in total. The van der Waals surface area contributed by atoms with Crippen molar-refractivity contribution in [2.45, 2.75) is 15.6 Å². The van der Waals surface area contributed by atoms with E-state index < -0.39 is 36.0 Å². The number of nitrogen functional groups attached to an aromatic ring is 1. The smallest absolute Gasteiger partial charge is 0.357 e. The summed E-state index contributed by atoms with van der Waals surface area (Å²) >= 11 is 5.11. The average molecular weight is 572 g/mol. The summed E-state index contributed by atoms with van der Waals surface area (Å²) in [5.41, 5.74) is 6.39. The highest BCUT2D eigenvalue weighted by molar-refractivity contribution is 8.01. The molecule has 18 heteroatoms. The van der Waals surface area contributed by atoms with Crippen molar-refractivity contribution >= 4 is 81.5 Å². The van der Waals surface area contributed by atoms with Crippen molar-refractivity contribution in [2.75, 3.05) is 31.1 Å². The van der Waals surface area contributed by atoms with E-state index in [-0.39, 0.29) is 28.7 Å². The molecule has 0 spiro atoms. The normalized spacial score (nSPS) is 19.3. The number of ether oxygens (including phenoxy) is 2. The number of carbonyl (C=O) groups excluding carboxylic acids is 4. The van der Waals surface area contributed by atoms with Gasteiger partial charge in [0.25, 0.3) is 18.3 Å². The maximum atomic E-state index is 13.1. The predicted molar refractivity (Wildman–Crippen MR) is 131 cm³/mol. The standard InChI is InChI=1S/C18H17N7O7S4/c1-30-23-11(9-5-35-18(19)21-9)14(27)22-12-15(28)25-13(17(29)32-7-31-6-26)8(4-34-16(12)25)3-33-10-2-20-24-36-10/h2,5-6,12,16H,3-4,7H2,1H3,(H2,19,21)(H,22,27)/b23-11-/t12-,16+/m1/s1. The molecule has 0 aromatic carbocycles. The van der Waals surface area contributed by atoms with Gasteiger partial charge in [-0.15, -0.1) is 40.0 Å². The summed E-state index contributed by atoms with van der Waals surface area (Å²) in [4.78, 5) is 59.3. The van der Waals surface area contributed by atoms with Crippen LogP contribution in [0.1, 0.15) is 5.69 Å². The van der Waals surface area contributed by atoms with E-state index in [2.05, 4.69) is 29.8 Å². The lowest BCUT2D eigenvalue weighted by Crippen LogP contribution is -2.71. The van der Waals surface area contributed by atoms with Gasteiger partial charge in [0, 0.05) is 16.9 Å². The molecule has 36 heavy (non-hydrogen) atoms. The Morgan fingerprint density at radius 3 is 2.94 bits per heavy atom. The van der Waals surface area contributed by atoms with Gasteiger partial charge in [-0.05, 0) is 17.1 Å². The van der Waals surface area contributed by atoms with Crippen LogP contribution in [0.5, 0.6) is 0 Å². The number of rotatable bonds is 11. The first kappa shape index (κ1) is 25.9. The molecule has 2 aliphatic heterocycles. The van der Waals surface area contributed by atoms with E-state index in [1.54, 1.807) is 6.20 Å². The second kappa shape index (κ2) is 11.7. The van der Waals surface area contributed by atoms with Crippen LogP contribution in [-0.4, -0.2) is 86.3 Å². The first-order valence-corrected chi connectivity index (χ1v) is 13.6. The van der Waals surface area contributed by atoms with Gasteiger partial charge in [0.1, 0.15) is 34.1 Å². The Balaban J connectivity index is 1.52. The fraction of sp³-hybridized carbons (Fsp3) is 0.333. The highest BCUT2D eigenvalue weighted by Crippen LogP contribution is 2.42. The van der Waals surface area contributed by atoms with E-state index >= 15 is 0 Å². The number of nitrogens with zero attached hydrogens (tertiary/aromatic N) is 5. The van der Waals surface area contributed by atoms with Crippen LogP contribution in [0, 0.1) is 0 Å². The monoisotopic (exact) mass is 571 g/mol. The van der Waals surface area contributed by atoms with Gasteiger partial charge >= 0.3 is 5.97 Å². The molecule has 0 radical (unpaired) electrons. The number of oxime groups is 1. The Bertz CT molecular complexity index is 1220. The number of fused-ring (bicyclic) bond motifs is 1. The Kier molecular flexibility index (Phi) is 8.39. The molecule has 1 fully saturated rings. The van der Waals surface area contributed by atoms with Crippen LogP contribution in [0.25, 0.3) is 0 Å². The van der Waals surface area contributed by atoms with Crippen LogP contribution in [-0.2, 0) is 33.5 Å². The third-order valence-electron chi connectivity index (χ3n) is 4.75. The zero-order valence-corrected chi connectivity index (χ0v) is 21.6. The highest BCUT2D eigenvalue weighted by Gasteiger charge is 2.54. The summed E-state index contributed by atoms with van der Waals surface area (Å²) in [5, 5.41) is 11.3. The second-order valence-corrected chi connectivity index (χ2v) is 10.9. The molecule has 3 N–H and O–H groups in total. The van der Waals surface area contributed by atoms with E-state index in [1.165, 1.54) is 52.4 Å². The highest BCUT2D eigenvalue weighted by atomic mass is 32.2. The fourth-order valence-electron chi connectivity index (χ4n) is 3.25. The summed E-state index contributed by atoms with van der Waals surface area (Å²) < 4.78 is 14.1. The molecular formula is C18H17N7O7S4. The van der Waals surface area contributed by atoms with Crippen molar-refractivity contribution in [3.8, 4) is 0 Å². The number of thiazole rings is 1. The van der Waals surface area contributed by atoms with Crippen molar-refractivity contribution < 1.29 is 33.5 Å². The Labute approximate surface area is 219 Å². The molecule has 0 aliphatic carbocycles. The maximum Gasteiger partial charge on any atom is 0.357 e. The number of β-lactam (4-membered cyclic amide) rings is 1. The van der Waals surface area contributed by atoms with E-state index in [9.17, 15) is 19.2 Å². The third kappa shape index (κ3) is 5.45. The van der Waals surface area contributed by atoms with Gasteiger partial charge in [0.05, 0.1) is 6.20 Å². The molecule has 2 aliphatic rings. The van der Waals surface area contributed by atoms with E-state index in [4.69, 9.17) is 15.3 Å². The largest absolute Gasteiger partial charge is 0.430 e. The van der Waals surface area contributed by atoms with Crippen molar-refractivity contribution in [2.24, 2.45) is 5.16 Å². The SMILES string of the molecule is CO/N=C(\C(=O)N[C@@H]1C(=O)N2C(C(=O)OCOC=O)=C(CSc3cnns3)CS[C@@H]12)c1csc(N)n1. The molecule has 4 heterocycles. The summed E-state index contributed by atoms with van der Waals surface area (Å²) in [6.45, 7) is -0.456. The van der Waals surface area contributed by atoms with Gasteiger partial charge in [-0.1, -0.05) is 9.64 Å². The minimum Gasteiger partial charge on any atom is -0.430 e. The van der Waals surface area contributed by atoms with E-state index in [1.807, 2.05) is 0 Å². The molecule has 0 saturated carbocycles. The summed E-state index contributed by atoms with van der Waals surface area (Å²) in [5.74, 6) is -1.26. The lowest BCUT2D eigenvalue weighted by molar-refractivity contribution is -0.162. The van der Waals surface area contributed by atoms with Crippen LogP contribution in [0.15, 0.2) is 32.2 Å². The molecule has 1 saturated heterocycles. The number of anilines is 1. The van der Waals surface area contributed by atoms with Crippen LogP contribution in [0.2, 0.25) is 0 Å². The number of thioether (sulfide) groups is 2. The van der Waals surface area contributed by atoms with Gasteiger partial charge < -0.3 is 25.4 Å². The Hall–Kier alpha value is -3.22. The lowest BCUT2D eigenvalue weighted by atomic mass is 10.0. The lowest BCUT2D eigenvalue weighted by Gasteiger charge is -2.49. The van der Waals surface area contributed by atoms with Gasteiger partial charge in [-0.2, -0.15) is 0 Å². The van der Waals surface area contributed by atoms with Crippen molar-refractivity contribution in [1.82, 2.24) is 24.8 Å². The molecule has 2 amide bonds. The number of amides is 2.